The van der Waals surface area contributed by atoms with Gasteiger partial charge in [0.2, 0.25) is 0 Å². The summed E-state index contributed by atoms with van der Waals surface area (Å²) in [6.45, 7) is 4.53. The van der Waals surface area contributed by atoms with E-state index in [9.17, 15) is 10.2 Å². The molecule has 268 valence electrons. The molecule has 1 aliphatic rings. The third-order valence-electron chi connectivity index (χ3n) is 10.1. The van der Waals surface area contributed by atoms with Crippen molar-refractivity contribution in [3.05, 3.63) is 81.5 Å². The second-order valence-electron chi connectivity index (χ2n) is 14.2. The predicted molar refractivity (Wildman–Crippen MR) is 218 cm³/mol. The molecule has 2 atom stereocenters. The monoisotopic (exact) mass is 710 g/mol. The van der Waals surface area contributed by atoms with Crippen LogP contribution in [0.15, 0.2) is 69.3 Å². The summed E-state index contributed by atoms with van der Waals surface area (Å²) in [6, 6.07) is 16.4. The first-order valence-corrected chi connectivity index (χ1v) is 21.2. The number of rotatable bonds is 20. The minimum Gasteiger partial charge on any atom is -0.507 e. The fourth-order valence-electron chi connectivity index (χ4n) is 6.95. The van der Waals surface area contributed by atoms with Crippen LogP contribution in [0.3, 0.4) is 0 Å². The lowest BCUT2D eigenvalue weighted by Gasteiger charge is -2.25. The fraction of sp³-hybridized carbons (Fsp3) is 0.500. The molecule has 1 saturated carbocycles. The summed E-state index contributed by atoms with van der Waals surface area (Å²) in [5.41, 5.74) is 6.56. The molecule has 2 N–H and O–H groups in total. The lowest BCUT2D eigenvalue weighted by Crippen LogP contribution is -2.27. The van der Waals surface area contributed by atoms with Crippen molar-refractivity contribution >= 4 is 35.1 Å². The Hall–Kier alpha value is -3.22. The van der Waals surface area contributed by atoms with Gasteiger partial charge in [0.25, 0.3) is 0 Å². The maximum absolute atomic E-state index is 10.7. The first kappa shape index (κ1) is 38.0. The van der Waals surface area contributed by atoms with Gasteiger partial charge in [-0.15, -0.1) is 22.7 Å². The number of thiophene rings is 2. The molecule has 0 unspecified atom stereocenters. The lowest BCUT2D eigenvalue weighted by molar-refractivity contribution is 0.390. The van der Waals surface area contributed by atoms with Crippen LogP contribution >= 0.6 is 22.7 Å². The molecular formula is C44H58N2O2S2. The van der Waals surface area contributed by atoms with Crippen molar-refractivity contribution in [2.75, 3.05) is 0 Å². The highest BCUT2D eigenvalue weighted by molar-refractivity contribution is 7.14. The Morgan fingerprint density at radius 3 is 1.44 bits per heavy atom. The predicted octanol–water partition coefficient (Wildman–Crippen LogP) is 13.2. The molecule has 50 heavy (non-hydrogen) atoms. The Morgan fingerprint density at radius 2 is 1.00 bits per heavy atom. The zero-order chi connectivity index (χ0) is 35.0. The number of phenols is 2. The van der Waals surface area contributed by atoms with Gasteiger partial charge in [-0.05, 0) is 120 Å². The first-order chi connectivity index (χ1) is 24.5. The van der Waals surface area contributed by atoms with E-state index in [1.165, 1.54) is 97.9 Å². The van der Waals surface area contributed by atoms with Gasteiger partial charge in [0.1, 0.15) is 11.5 Å². The molecule has 0 radical (unpaired) electrons. The van der Waals surface area contributed by atoms with Crippen molar-refractivity contribution < 1.29 is 10.2 Å². The largest absolute Gasteiger partial charge is 0.507 e. The summed E-state index contributed by atoms with van der Waals surface area (Å²) < 4.78 is 0. The van der Waals surface area contributed by atoms with Crippen LogP contribution in [0.25, 0.3) is 20.9 Å². The summed E-state index contributed by atoms with van der Waals surface area (Å²) >= 11 is 3.57. The van der Waals surface area contributed by atoms with Crippen molar-refractivity contribution in [1.82, 2.24) is 0 Å². The van der Waals surface area contributed by atoms with Gasteiger partial charge in [-0.3, -0.25) is 9.98 Å². The van der Waals surface area contributed by atoms with Crippen LogP contribution in [-0.2, 0) is 12.8 Å². The second kappa shape index (κ2) is 20.6. The Kier molecular flexibility index (Phi) is 15.7. The third-order valence-corrected chi connectivity index (χ3v) is 12.1. The number of aryl methyl sites for hydroxylation is 2. The van der Waals surface area contributed by atoms with Crippen LogP contribution in [0.5, 0.6) is 11.5 Å². The summed E-state index contributed by atoms with van der Waals surface area (Å²) in [5, 5.41) is 26.0. The molecule has 0 saturated heterocycles. The molecule has 2 aromatic heterocycles. The van der Waals surface area contributed by atoms with Crippen molar-refractivity contribution in [3.63, 3.8) is 0 Å². The van der Waals surface area contributed by atoms with Gasteiger partial charge in [0, 0.05) is 33.3 Å². The number of phenolic OH excluding ortho intramolecular Hbond substituents is 2. The van der Waals surface area contributed by atoms with E-state index in [4.69, 9.17) is 9.98 Å². The number of hydrogen-bond donors (Lipinski definition) is 2. The molecule has 6 heteroatoms. The summed E-state index contributed by atoms with van der Waals surface area (Å²) in [6.07, 6.45) is 25.9. The van der Waals surface area contributed by atoms with E-state index in [0.717, 1.165) is 60.8 Å². The minimum absolute atomic E-state index is 0.0425. The summed E-state index contributed by atoms with van der Waals surface area (Å²) in [7, 11) is 0. The van der Waals surface area contributed by atoms with Crippen LogP contribution < -0.4 is 0 Å². The number of benzene rings is 2. The molecule has 2 aromatic carbocycles. The average molecular weight is 711 g/mol. The van der Waals surface area contributed by atoms with Crippen LogP contribution in [0.1, 0.15) is 139 Å². The second-order valence-corrected chi connectivity index (χ2v) is 16.0. The molecule has 5 rings (SSSR count). The molecule has 0 bridgehead atoms. The van der Waals surface area contributed by atoms with E-state index in [-0.39, 0.29) is 23.6 Å². The normalized spacial score (nSPS) is 16.6. The standard InChI is InChI=1S/C44H58N2O2S2/c1-3-5-7-9-11-13-17-33-25-43(49-31-33)35-21-23-41(47)37(27-35)29-45-39-19-15-16-20-40(39)46-30-38-28-36(22-24-42(38)48)44-26-34(32-50-44)18-14-12-10-8-6-4-2/h21-32,39-40,47-48H,3-20H2,1-2H3/t39-,40-/m0/s1. The van der Waals surface area contributed by atoms with Crippen molar-refractivity contribution in [3.8, 4) is 32.4 Å². The van der Waals surface area contributed by atoms with Crippen LogP contribution in [0.4, 0.5) is 0 Å². The van der Waals surface area contributed by atoms with Crippen molar-refractivity contribution in [1.29, 1.82) is 0 Å². The van der Waals surface area contributed by atoms with E-state index in [0.29, 0.717) is 0 Å². The SMILES string of the molecule is CCCCCCCCc1csc(-c2ccc(O)c(C=N[C@H]3CCCC[C@@H]3N=Cc3cc(-c4cc(CCCCCCCC)cs4)ccc3O)c2)c1. The van der Waals surface area contributed by atoms with Gasteiger partial charge >= 0.3 is 0 Å². The maximum atomic E-state index is 10.7. The van der Waals surface area contributed by atoms with Crippen LogP contribution in [0.2, 0.25) is 0 Å². The Balaban J connectivity index is 1.20. The fourth-order valence-corrected chi connectivity index (χ4v) is 8.84. The smallest absolute Gasteiger partial charge is 0.124 e. The zero-order valence-corrected chi connectivity index (χ0v) is 32.0. The minimum atomic E-state index is 0.0425. The number of aliphatic imine (C=N–C) groups is 2. The maximum Gasteiger partial charge on any atom is 0.124 e. The highest BCUT2D eigenvalue weighted by Gasteiger charge is 2.23. The van der Waals surface area contributed by atoms with Gasteiger partial charge in [-0.25, -0.2) is 0 Å². The van der Waals surface area contributed by atoms with Gasteiger partial charge < -0.3 is 10.2 Å². The highest BCUT2D eigenvalue weighted by Crippen LogP contribution is 2.33. The molecule has 2 heterocycles. The summed E-state index contributed by atoms with van der Waals surface area (Å²) in [5.74, 6) is 0.505. The average Bonchev–Trinajstić information content (AvgIpc) is 3.81. The van der Waals surface area contributed by atoms with Gasteiger partial charge in [-0.1, -0.05) is 90.9 Å². The topological polar surface area (TPSA) is 65.2 Å². The van der Waals surface area contributed by atoms with E-state index >= 15 is 0 Å². The molecule has 4 nitrogen and oxygen atoms in total. The third kappa shape index (κ3) is 11.7. The number of unbranched alkanes of at least 4 members (excludes halogenated alkanes) is 10. The van der Waals surface area contributed by atoms with E-state index < -0.39 is 0 Å². The molecule has 1 aliphatic carbocycles. The van der Waals surface area contributed by atoms with E-state index in [1.54, 1.807) is 34.8 Å². The Bertz CT molecular complexity index is 1530. The molecule has 0 amide bonds. The molecule has 0 spiro atoms. The van der Waals surface area contributed by atoms with E-state index in [2.05, 4.69) is 48.9 Å². The van der Waals surface area contributed by atoms with Gasteiger partial charge in [-0.2, -0.15) is 0 Å². The van der Waals surface area contributed by atoms with Crippen molar-refractivity contribution in [2.24, 2.45) is 9.98 Å². The zero-order valence-electron chi connectivity index (χ0n) is 30.4. The molecule has 4 aromatic rings. The highest BCUT2D eigenvalue weighted by atomic mass is 32.1. The number of nitrogens with zero attached hydrogens (tertiary/aromatic N) is 2. The molecule has 0 aliphatic heterocycles. The van der Waals surface area contributed by atoms with Gasteiger partial charge in [0.15, 0.2) is 0 Å². The molecule has 1 fully saturated rings. The Labute approximate surface area is 309 Å². The molecular weight excluding hydrogens is 653 g/mol. The first-order valence-electron chi connectivity index (χ1n) is 19.4. The van der Waals surface area contributed by atoms with E-state index in [1.807, 2.05) is 24.6 Å². The lowest BCUT2D eigenvalue weighted by atomic mass is 9.91. The number of aromatic hydroxyl groups is 2. The Morgan fingerprint density at radius 1 is 0.580 bits per heavy atom. The summed E-state index contributed by atoms with van der Waals surface area (Å²) in [4.78, 5) is 12.5. The van der Waals surface area contributed by atoms with Crippen molar-refractivity contribution in [2.45, 2.75) is 142 Å². The quantitative estimate of drug-likeness (QED) is 0.0708. The van der Waals surface area contributed by atoms with Crippen LogP contribution in [0, 0.1) is 0 Å². The van der Waals surface area contributed by atoms with Crippen LogP contribution in [-0.4, -0.2) is 34.7 Å². The number of hydrogen-bond acceptors (Lipinski definition) is 6. The van der Waals surface area contributed by atoms with Gasteiger partial charge in [0.05, 0.1) is 12.1 Å².